The minimum absolute atomic E-state index is 0.0140. The van der Waals surface area contributed by atoms with Crippen molar-refractivity contribution in [1.82, 2.24) is 0 Å². The molecule has 0 fully saturated rings. The molecule has 0 heterocycles. The van der Waals surface area contributed by atoms with Crippen LogP contribution < -0.4 is 0 Å². The van der Waals surface area contributed by atoms with Gasteiger partial charge in [-0.25, -0.2) is 4.79 Å². The average molecular weight is 282 g/mol. The van der Waals surface area contributed by atoms with Gasteiger partial charge in [0.2, 0.25) is 0 Å². The molecule has 0 unspecified atom stereocenters. The molecule has 0 aliphatic carbocycles. The molecule has 0 saturated heterocycles. The molecule has 1 aromatic carbocycles. The standard InChI is InChI=1S/C11H8BrNO3/c1-16-11(15)8(6-13)4-7-5-9(12)2-3-10(7)14/h2-5,14H,1H3. The molecule has 0 amide bonds. The van der Waals surface area contributed by atoms with Crippen molar-refractivity contribution < 1.29 is 14.6 Å². The lowest BCUT2D eigenvalue weighted by atomic mass is 10.1. The molecule has 1 rings (SSSR count). The maximum Gasteiger partial charge on any atom is 0.348 e. The zero-order chi connectivity index (χ0) is 12.1. The van der Waals surface area contributed by atoms with E-state index in [1.54, 1.807) is 18.2 Å². The van der Waals surface area contributed by atoms with Gasteiger partial charge in [-0.3, -0.25) is 0 Å². The number of halogens is 1. The van der Waals surface area contributed by atoms with E-state index in [1.807, 2.05) is 0 Å². The van der Waals surface area contributed by atoms with Gasteiger partial charge in [0, 0.05) is 10.0 Å². The number of carbonyl (C=O) groups is 1. The third kappa shape index (κ3) is 2.84. The van der Waals surface area contributed by atoms with E-state index in [9.17, 15) is 9.90 Å². The molecule has 0 aliphatic heterocycles. The van der Waals surface area contributed by atoms with E-state index < -0.39 is 5.97 Å². The van der Waals surface area contributed by atoms with Crippen LogP contribution in [0.2, 0.25) is 0 Å². The van der Waals surface area contributed by atoms with Gasteiger partial charge in [-0.1, -0.05) is 15.9 Å². The van der Waals surface area contributed by atoms with Gasteiger partial charge in [-0.2, -0.15) is 5.26 Å². The molecule has 4 nitrogen and oxygen atoms in total. The number of aromatic hydroxyl groups is 1. The smallest absolute Gasteiger partial charge is 0.348 e. The van der Waals surface area contributed by atoms with E-state index in [2.05, 4.69) is 20.7 Å². The van der Waals surface area contributed by atoms with Crippen LogP contribution in [-0.2, 0) is 9.53 Å². The van der Waals surface area contributed by atoms with Crippen LogP contribution in [0.5, 0.6) is 5.75 Å². The van der Waals surface area contributed by atoms with Crippen molar-refractivity contribution in [3.63, 3.8) is 0 Å². The van der Waals surface area contributed by atoms with Crippen molar-refractivity contribution in [2.75, 3.05) is 7.11 Å². The van der Waals surface area contributed by atoms with Gasteiger partial charge in [-0.05, 0) is 24.3 Å². The lowest BCUT2D eigenvalue weighted by Crippen LogP contribution is -2.02. The molecule has 0 atom stereocenters. The number of carbonyl (C=O) groups excluding carboxylic acids is 1. The first-order valence-electron chi connectivity index (χ1n) is 4.27. The van der Waals surface area contributed by atoms with Crippen LogP contribution in [0.15, 0.2) is 28.2 Å². The minimum Gasteiger partial charge on any atom is -0.507 e. The fraction of sp³-hybridized carbons (Fsp3) is 0.0909. The number of rotatable bonds is 2. The van der Waals surface area contributed by atoms with Crippen molar-refractivity contribution in [1.29, 1.82) is 5.26 Å². The van der Waals surface area contributed by atoms with Crippen LogP contribution in [-0.4, -0.2) is 18.2 Å². The summed E-state index contributed by atoms with van der Waals surface area (Å²) in [4.78, 5) is 11.1. The number of benzene rings is 1. The highest BCUT2D eigenvalue weighted by Crippen LogP contribution is 2.24. The molecule has 16 heavy (non-hydrogen) atoms. The largest absolute Gasteiger partial charge is 0.507 e. The lowest BCUT2D eigenvalue weighted by molar-refractivity contribution is -0.135. The summed E-state index contributed by atoms with van der Waals surface area (Å²) < 4.78 is 5.16. The summed E-state index contributed by atoms with van der Waals surface area (Å²) in [6.07, 6.45) is 1.27. The highest BCUT2D eigenvalue weighted by Gasteiger charge is 2.10. The van der Waals surface area contributed by atoms with Gasteiger partial charge in [0.25, 0.3) is 0 Å². The van der Waals surface area contributed by atoms with E-state index in [0.717, 1.165) is 4.47 Å². The Kier molecular flexibility index (Phi) is 4.09. The normalized spacial score (nSPS) is 10.7. The Bertz CT molecular complexity index is 488. The summed E-state index contributed by atoms with van der Waals surface area (Å²) >= 11 is 3.22. The predicted molar refractivity (Wildman–Crippen MR) is 61.4 cm³/mol. The maximum atomic E-state index is 11.1. The Hall–Kier alpha value is -1.80. The van der Waals surface area contributed by atoms with Crippen molar-refractivity contribution in [2.24, 2.45) is 0 Å². The number of phenols is 1. The van der Waals surface area contributed by atoms with Crippen molar-refractivity contribution >= 4 is 28.0 Å². The van der Waals surface area contributed by atoms with Gasteiger partial charge in [0.15, 0.2) is 0 Å². The molecule has 0 spiro atoms. The summed E-state index contributed by atoms with van der Waals surface area (Å²) in [5.74, 6) is -0.748. The number of nitriles is 1. The Morgan fingerprint density at radius 1 is 1.62 bits per heavy atom. The summed E-state index contributed by atoms with van der Waals surface area (Å²) in [7, 11) is 1.19. The Morgan fingerprint density at radius 2 is 2.31 bits per heavy atom. The van der Waals surface area contributed by atoms with Crippen LogP contribution in [0.3, 0.4) is 0 Å². The summed E-state index contributed by atoms with van der Waals surface area (Å²) in [5, 5.41) is 18.2. The summed E-state index contributed by atoms with van der Waals surface area (Å²) in [6, 6.07) is 6.41. The second-order valence-corrected chi connectivity index (χ2v) is 3.78. The van der Waals surface area contributed by atoms with Crippen LogP contribution in [0, 0.1) is 11.3 Å². The van der Waals surface area contributed by atoms with Gasteiger partial charge >= 0.3 is 5.97 Å². The Morgan fingerprint density at radius 3 is 2.88 bits per heavy atom. The highest BCUT2D eigenvalue weighted by atomic mass is 79.9. The number of nitrogens with zero attached hydrogens (tertiary/aromatic N) is 1. The molecule has 5 heteroatoms. The molecule has 1 aromatic rings. The highest BCUT2D eigenvalue weighted by molar-refractivity contribution is 9.10. The topological polar surface area (TPSA) is 70.3 Å². The molecule has 0 bridgehead atoms. The molecule has 0 aliphatic rings. The average Bonchev–Trinajstić information content (AvgIpc) is 2.29. The van der Waals surface area contributed by atoms with E-state index >= 15 is 0 Å². The number of hydrogen-bond acceptors (Lipinski definition) is 4. The van der Waals surface area contributed by atoms with Crippen molar-refractivity contribution in [2.45, 2.75) is 0 Å². The maximum absolute atomic E-state index is 11.1. The van der Waals surface area contributed by atoms with Gasteiger partial charge < -0.3 is 9.84 Å². The van der Waals surface area contributed by atoms with Gasteiger partial charge in [-0.15, -0.1) is 0 Å². The van der Waals surface area contributed by atoms with E-state index in [1.165, 1.54) is 19.3 Å². The molecule has 1 N–H and O–H groups in total. The first-order chi connectivity index (χ1) is 7.58. The SMILES string of the molecule is COC(=O)C(C#N)=Cc1cc(Br)ccc1O. The fourth-order valence-electron chi connectivity index (χ4n) is 1.04. The Balaban J connectivity index is 3.19. The zero-order valence-corrected chi connectivity index (χ0v) is 9.98. The number of phenolic OH excluding ortho intramolecular Hbond substituents is 1. The second-order valence-electron chi connectivity index (χ2n) is 2.86. The number of esters is 1. The molecule has 0 saturated carbocycles. The van der Waals surface area contributed by atoms with E-state index in [-0.39, 0.29) is 11.3 Å². The first-order valence-corrected chi connectivity index (χ1v) is 5.06. The van der Waals surface area contributed by atoms with Gasteiger partial charge in [0.1, 0.15) is 17.4 Å². The van der Waals surface area contributed by atoms with Crippen molar-refractivity contribution in [3.8, 4) is 11.8 Å². The van der Waals surface area contributed by atoms with Crippen LogP contribution in [0.25, 0.3) is 6.08 Å². The molecule has 0 radical (unpaired) electrons. The quantitative estimate of drug-likeness (QED) is 0.513. The molecule has 0 aromatic heterocycles. The molecule has 82 valence electrons. The molecular formula is C11H8BrNO3. The van der Waals surface area contributed by atoms with E-state index in [4.69, 9.17) is 5.26 Å². The number of methoxy groups -OCH3 is 1. The minimum atomic E-state index is -0.734. The monoisotopic (exact) mass is 281 g/mol. The van der Waals surface area contributed by atoms with Crippen molar-refractivity contribution in [3.05, 3.63) is 33.8 Å². The third-order valence-corrected chi connectivity index (χ3v) is 2.31. The van der Waals surface area contributed by atoms with Gasteiger partial charge in [0.05, 0.1) is 7.11 Å². The van der Waals surface area contributed by atoms with Crippen LogP contribution in [0.1, 0.15) is 5.56 Å². The zero-order valence-electron chi connectivity index (χ0n) is 8.40. The van der Waals surface area contributed by atoms with Crippen LogP contribution >= 0.6 is 15.9 Å². The summed E-state index contributed by atoms with van der Waals surface area (Å²) in [5.41, 5.74) is 0.201. The predicted octanol–water partition coefficient (Wildman–Crippen LogP) is 2.23. The third-order valence-electron chi connectivity index (χ3n) is 1.82. The first kappa shape index (κ1) is 12.3. The van der Waals surface area contributed by atoms with E-state index in [0.29, 0.717) is 5.56 Å². The van der Waals surface area contributed by atoms with Crippen LogP contribution in [0.4, 0.5) is 0 Å². The number of ether oxygens (including phenoxy) is 1. The summed E-state index contributed by atoms with van der Waals surface area (Å²) in [6.45, 7) is 0. The lowest BCUT2D eigenvalue weighted by Gasteiger charge is -2.01. The second kappa shape index (κ2) is 5.33. The Labute approximate surface area is 101 Å². The fourth-order valence-corrected chi connectivity index (χ4v) is 1.42. The number of hydrogen-bond donors (Lipinski definition) is 1. The molecular weight excluding hydrogens is 274 g/mol.